The van der Waals surface area contributed by atoms with E-state index >= 15 is 0 Å². The van der Waals surface area contributed by atoms with Crippen LogP contribution in [0.25, 0.3) is 54.9 Å². The quantitative estimate of drug-likeness (QED) is 0.192. The van der Waals surface area contributed by atoms with Crippen LogP contribution in [-0.2, 0) is 10.8 Å². The van der Waals surface area contributed by atoms with Crippen LogP contribution >= 0.6 is 0 Å². The van der Waals surface area contributed by atoms with Gasteiger partial charge in [-0.1, -0.05) is 108 Å². The van der Waals surface area contributed by atoms with Gasteiger partial charge in [0.15, 0.2) is 0 Å². The van der Waals surface area contributed by atoms with E-state index < -0.39 is 0 Å². The Hall–Kier alpha value is -3.90. The minimum Gasteiger partial charge on any atom is -0.0757 e. The van der Waals surface area contributed by atoms with Crippen LogP contribution in [0.2, 0.25) is 0 Å². The van der Waals surface area contributed by atoms with Gasteiger partial charge in [0.2, 0.25) is 0 Å². The number of fused-ring (bicyclic) bond motifs is 12. The second-order valence-electron chi connectivity index (χ2n) is 12.8. The maximum atomic E-state index is 2.57. The molecule has 40 heavy (non-hydrogen) atoms. The Bertz CT molecular complexity index is 2000. The molecular formula is C40H36. The number of hydrogen-bond donors (Lipinski definition) is 0. The van der Waals surface area contributed by atoms with Gasteiger partial charge in [0.1, 0.15) is 0 Å². The Balaban J connectivity index is 0.00000120. The second kappa shape index (κ2) is 7.85. The highest BCUT2D eigenvalue weighted by Crippen LogP contribution is 2.60. The molecule has 0 fully saturated rings. The van der Waals surface area contributed by atoms with E-state index in [-0.39, 0.29) is 10.8 Å². The fraction of sp³-hybridized carbons (Fsp3) is 0.250. The molecule has 4 aliphatic rings. The van der Waals surface area contributed by atoms with Crippen molar-refractivity contribution in [3.63, 3.8) is 0 Å². The fourth-order valence-corrected chi connectivity index (χ4v) is 8.31. The Morgan fingerprint density at radius 2 is 1.07 bits per heavy atom. The molecule has 196 valence electrons. The van der Waals surface area contributed by atoms with Crippen molar-refractivity contribution < 1.29 is 0 Å². The zero-order valence-corrected chi connectivity index (χ0v) is 24.5. The van der Waals surface area contributed by atoms with Crippen molar-refractivity contribution in [1.29, 1.82) is 0 Å². The van der Waals surface area contributed by atoms with Gasteiger partial charge in [-0.3, -0.25) is 0 Å². The first-order valence-corrected chi connectivity index (χ1v) is 15.1. The molecule has 0 unspecified atom stereocenters. The van der Waals surface area contributed by atoms with Crippen LogP contribution in [0, 0.1) is 0 Å². The van der Waals surface area contributed by atoms with Crippen LogP contribution in [0.1, 0.15) is 87.8 Å². The number of rotatable bonds is 0. The molecule has 0 heteroatoms. The van der Waals surface area contributed by atoms with E-state index in [1.165, 1.54) is 88.3 Å². The molecule has 0 N–H and O–H groups in total. The lowest BCUT2D eigenvalue weighted by Crippen LogP contribution is -2.17. The number of hydrogen-bond acceptors (Lipinski definition) is 0. The summed E-state index contributed by atoms with van der Waals surface area (Å²) in [5.74, 6) is 0. The molecule has 0 nitrogen and oxygen atoms in total. The Kier molecular flexibility index (Phi) is 4.70. The van der Waals surface area contributed by atoms with Gasteiger partial charge in [0.05, 0.1) is 0 Å². The Morgan fingerprint density at radius 1 is 0.500 bits per heavy atom. The normalized spacial score (nSPS) is 17.8. The maximum absolute atomic E-state index is 2.57. The van der Waals surface area contributed by atoms with Crippen LogP contribution in [0.15, 0.2) is 84.9 Å². The van der Waals surface area contributed by atoms with Crippen molar-refractivity contribution in [3.8, 4) is 22.3 Å². The second-order valence-corrected chi connectivity index (χ2v) is 12.8. The van der Waals surface area contributed by atoms with Crippen LogP contribution < -0.4 is 0 Å². The van der Waals surface area contributed by atoms with Crippen LogP contribution in [0.5, 0.6) is 0 Å². The summed E-state index contributed by atoms with van der Waals surface area (Å²) in [4.78, 5) is 0. The molecular weight excluding hydrogens is 480 g/mol. The summed E-state index contributed by atoms with van der Waals surface area (Å²) in [5.41, 5.74) is 17.4. The average molecular weight is 517 g/mol. The summed E-state index contributed by atoms with van der Waals surface area (Å²) in [6.45, 7) is 13.7. The van der Waals surface area contributed by atoms with Crippen molar-refractivity contribution in [2.75, 3.05) is 0 Å². The third-order valence-electron chi connectivity index (χ3n) is 10.2. The van der Waals surface area contributed by atoms with Crippen molar-refractivity contribution in [2.24, 2.45) is 0 Å². The molecule has 0 radical (unpaired) electrons. The van der Waals surface area contributed by atoms with E-state index in [1.54, 1.807) is 0 Å². The predicted octanol–water partition coefficient (Wildman–Crippen LogP) is 11.2. The third kappa shape index (κ3) is 2.72. The SMILES string of the molecule is CC.CC1(C)c2cc3c(cc2-c2c1ccc1ccccc21)C(C)(C)c1cc2c4c(cccc4c1-3)C1=CCCC=C12. The van der Waals surface area contributed by atoms with E-state index in [1.807, 2.05) is 13.8 Å². The van der Waals surface area contributed by atoms with Gasteiger partial charge in [0, 0.05) is 10.8 Å². The van der Waals surface area contributed by atoms with Crippen LogP contribution in [0.3, 0.4) is 0 Å². The van der Waals surface area contributed by atoms with Crippen molar-refractivity contribution in [1.82, 2.24) is 0 Å². The highest BCUT2D eigenvalue weighted by Gasteiger charge is 2.43. The lowest BCUT2D eigenvalue weighted by Gasteiger charge is -2.24. The molecule has 0 atom stereocenters. The average Bonchev–Trinajstić information content (AvgIpc) is 3.51. The minimum absolute atomic E-state index is 0.0317. The molecule has 0 heterocycles. The molecule has 5 aromatic carbocycles. The zero-order valence-electron chi connectivity index (χ0n) is 24.5. The Morgan fingerprint density at radius 3 is 1.80 bits per heavy atom. The van der Waals surface area contributed by atoms with E-state index in [4.69, 9.17) is 0 Å². The fourth-order valence-electron chi connectivity index (χ4n) is 8.31. The molecule has 0 spiro atoms. The van der Waals surface area contributed by atoms with Crippen molar-refractivity contribution in [2.45, 2.75) is 65.2 Å². The largest absolute Gasteiger partial charge is 0.0757 e. The topological polar surface area (TPSA) is 0 Å². The van der Waals surface area contributed by atoms with E-state index in [9.17, 15) is 0 Å². The summed E-state index contributed by atoms with van der Waals surface area (Å²) in [6, 6.07) is 28.3. The summed E-state index contributed by atoms with van der Waals surface area (Å²) in [7, 11) is 0. The van der Waals surface area contributed by atoms with Gasteiger partial charge in [-0.2, -0.15) is 0 Å². The molecule has 0 amide bonds. The summed E-state index contributed by atoms with van der Waals surface area (Å²) >= 11 is 0. The first kappa shape index (κ1) is 23.9. The van der Waals surface area contributed by atoms with E-state index in [2.05, 4.69) is 113 Å². The van der Waals surface area contributed by atoms with Gasteiger partial charge in [-0.25, -0.2) is 0 Å². The van der Waals surface area contributed by atoms with Crippen molar-refractivity contribution in [3.05, 3.63) is 118 Å². The molecule has 0 bridgehead atoms. The summed E-state index contributed by atoms with van der Waals surface area (Å²) in [5, 5.41) is 5.59. The highest BCUT2D eigenvalue weighted by molar-refractivity contribution is 6.25. The molecule has 0 saturated carbocycles. The molecule has 0 aromatic heterocycles. The molecule has 5 aromatic rings. The number of benzene rings is 5. The van der Waals surface area contributed by atoms with E-state index in [0.29, 0.717) is 0 Å². The zero-order chi connectivity index (χ0) is 27.6. The van der Waals surface area contributed by atoms with Crippen molar-refractivity contribution >= 4 is 32.7 Å². The lowest BCUT2D eigenvalue weighted by molar-refractivity contribution is 0.652. The minimum atomic E-state index is -0.0560. The maximum Gasteiger partial charge on any atom is 0.0159 e. The first-order chi connectivity index (χ1) is 19.4. The van der Waals surface area contributed by atoms with Gasteiger partial charge in [-0.15, -0.1) is 0 Å². The van der Waals surface area contributed by atoms with Gasteiger partial charge >= 0.3 is 0 Å². The van der Waals surface area contributed by atoms with Gasteiger partial charge < -0.3 is 0 Å². The third-order valence-corrected chi connectivity index (χ3v) is 10.2. The molecule has 9 rings (SSSR count). The smallest absolute Gasteiger partial charge is 0.0159 e. The van der Waals surface area contributed by atoms with Crippen LogP contribution in [-0.4, -0.2) is 0 Å². The molecule has 0 saturated heterocycles. The lowest BCUT2D eigenvalue weighted by atomic mass is 9.79. The van der Waals surface area contributed by atoms with E-state index in [0.717, 1.165) is 12.8 Å². The van der Waals surface area contributed by atoms with Gasteiger partial charge in [-0.05, 0) is 119 Å². The molecule has 0 aliphatic heterocycles. The summed E-state index contributed by atoms with van der Waals surface area (Å²) < 4.78 is 0. The summed E-state index contributed by atoms with van der Waals surface area (Å²) in [6.07, 6.45) is 7.23. The van der Waals surface area contributed by atoms with Gasteiger partial charge in [0.25, 0.3) is 0 Å². The number of allylic oxidation sites excluding steroid dienone is 4. The Labute approximate surface area is 238 Å². The van der Waals surface area contributed by atoms with Crippen LogP contribution in [0.4, 0.5) is 0 Å². The standard InChI is InChI=1S/C38H30.C2H6/c1-37(2)30-17-16-21-10-5-6-11-22(21)35(30)28-19-32-29(20-31(28)37)36-26-15-9-14-25-23-12-7-8-13-24(23)27(34(25)26)18-33(36)38(32,3)4;1-2/h5-6,9-20H,7-8H2,1-4H3;1-2H3. The monoisotopic (exact) mass is 516 g/mol. The first-order valence-electron chi connectivity index (χ1n) is 15.1. The highest BCUT2D eigenvalue weighted by atomic mass is 14.5. The molecule has 4 aliphatic carbocycles. The predicted molar refractivity (Wildman–Crippen MR) is 173 cm³/mol.